The molecule has 8 heteroatoms. The van der Waals surface area contributed by atoms with Gasteiger partial charge in [0.1, 0.15) is 12.4 Å². The van der Waals surface area contributed by atoms with Crippen LogP contribution in [0.25, 0.3) is 11.3 Å². The lowest BCUT2D eigenvalue weighted by Gasteiger charge is -2.09. The summed E-state index contributed by atoms with van der Waals surface area (Å²) < 4.78 is 5.48. The fraction of sp³-hybridized carbons (Fsp3) is 0.409. The van der Waals surface area contributed by atoms with Crippen LogP contribution in [0, 0.1) is 0 Å². The molecular weight excluding hydrogens is 491 g/mol. The lowest BCUT2D eigenvalue weighted by atomic mass is 9.99. The van der Waals surface area contributed by atoms with Crippen molar-refractivity contribution < 1.29 is 4.52 Å². The first-order valence-electron chi connectivity index (χ1n) is 10.3. The minimum absolute atomic E-state index is 0. The van der Waals surface area contributed by atoms with Gasteiger partial charge in [-0.1, -0.05) is 49.3 Å². The Kier molecular flexibility index (Phi) is 9.85. The Morgan fingerprint density at radius 3 is 2.60 bits per heavy atom. The van der Waals surface area contributed by atoms with Crippen LogP contribution in [-0.4, -0.2) is 27.6 Å². The maximum absolute atomic E-state index is 5.48. The molecular formula is C22H31IN6O. The number of aromatic nitrogens is 3. The van der Waals surface area contributed by atoms with Gasteiger partial charge in [-0.15, -0.1) is 24.0 Å². The number of imidazole rings is 1. The number of aromatic amines is 1. The SMILES string of the molecule is CCNC(=NCc1ncc(-c2ccccc2)[nH]1)NCc1cc(C(CC)CC)no1.I. The van der Waals surface area contributed by atoms with E-state index < -0.39 is 0 Å². The fourth-order valence-corrected chi connectivity index (χ4v) is 3.19. The molecule has 2 heterocycles. The molecule has 3 rings (SSSR count). The molecule has 1 aromatic carbocycles. The monoisotopic (exact) mass is 522 g/mol. The average molecular weight is 522 g/mol. The molecule has 0 aliphatic carbocycles. The Hall–Kier alpha value is -2.36. The maximum atomic E-state index is 5.48. The van der Waals surface area contributed by atoms with Gasteiger partial charge in [-0.2, -0.15) is 0 Å². The second-order valence-electron chi connectivity index (χ2n) is 6.89. The molecule has 0 amide bonds. The minimum atomic E-state index is 0. The number of nitrogens with one attached hydrogen (secondary N) is 3. The predicted octanol–water partition coefficient (Wildman–Crippen LogP) is 4.84. The van der Waals surface area contributed by atoms with Crippen LogP contribution >= 0.6 is 24.0 Å². The van der Waals surface area contributed by atoms with E-state index in [9.17, 15) is 0 Å². The van der Waals surface area contributed by atoms with Gasteiger partial charge in [-0.05, 0) is 25.3 Å². The van der Waals surface area contributed by atoms with Gasteiger partial charge in [-0.25, -0.2) is 9.98 Å². The summed E-state index contributed by atoms with van der Waals surface area (Å²) in [5, 5.41) is 10.8. The van der Waals surface area contributed by atoms with Gasteiger partial charge >= 0.3 is 0 Å². The van der Waals surface area contributed by atoms with E-state index >= 15 is 0 Å². The van der Waals surface area contributed by atoms with E-state index in [1.165, 1.54) is 0 Å². The van der Waals surface area contributed by atoms with Crippen molar-refractivity contribution in [2.24, 2.45) is 4.99 Å². The predicted molar refractivity (Wildman–Crippen MR) is 131 cm³/mol. The summed E-state index contributed by atoms with van der Waals surface area (Å²) in [6.45, 7) is 8.15. The van der Waals surface area contributed by atoms with Crippen LogP contribution in [-0.2, 0) is 13.1 Å². The lowest BCUT2D eigenvalue weighted by Crippen LogP contribution is -2.36. The Morgan fingerprint density at radius 2 is 1.90 bits per heavy atom. The van der Waals surface area contributed by atoms with Crippen LogP contribution in [0.3, 0.4) is 0 Å². The second-order valence-corrected chi connectivity index (χ2v) is 6.89. The minimum Gasteiger partial charge on any atom is -0.359 e. The lowest BCUT2D eigenvalue weighted by molar-refractivity contribution is 0.368. The summed E-state index contributed by atoms with van der Waals surface area (Å²) >= 11 is 0. The van der Waals surface area contributed by atoms with Crippen LogP contribution in [0.5, 0.6) is 0 Å². The molecule has 0 atom stereocenters. The first-order chi connectivity index (χ1) is 14.2. The van der Waals surface area contributed by atoms with Gasteiger partial charge in [0, 0.05) is 18.5 Å². The molecule has 7 nitrogen and oxygen atoms in total. The zero-order chi connectivity index (χ0) is 20.5. The average Bonchev–Trinajstić information content (AvgIpc) is 3.42. The molecule has 30 heavy (non-hydrogen) atoms. The zero-order valence-corrected chi connectivity index (χ0v) is 20.1. The van der Waals surface area contributed by atoms with Crippen molar-refractivity contribution in [3.63, 3.8) is 0 Å². The summed E-state index contributed by atoms with van der Waals surface area (Å²) in [6, 6.07) is 12.2. The van der Waals surface area contributed by atoms with E-state index in [2.05, 4.69) is 56.7 Å². The summed E-state index contributed by atoms with van der Waals surface area (Å²) in [7, 11) is 0. The van der Waals surface area contributed by atoms with Crippen LogP contribution in [0.15, 0.2) is 52.1 Å². The Labute approximate surface area is 195 Å². The molecule has 0 saturated carbocycles. The number of H-pyrrole nitrogens is 1. The molecule has 3 aromatic rings. The Balaban J connectivity index is 0.00000320. The first-order valence-corrected chi connectivity index (χ1v) is 10.3. The van der Waals surface area contributed by atoms with Gasteiger partial charge < -0.3 is 20.1 Å². The number of benzene rings is 1. The van der Waals surface area contributed by atoms with Crippen molar-refractivity contribution >= 4 is 29.9 Å². The van der Waals surface area contributed by atoms with Gasteiger partial charge in [0.15, 0.2) is 11.7 Å². The third-order valence-corrected chi connectivity index (χ3v) is 4.86. The van der Waals surface area contributed by atoms with Crippen LogP contribution < -0.4 is 10.6 Å². The van der Waals surface area contributed by atoms with E-state index in [-0.39, 0.29) is 24.0 Å². The van der Waals surface area contributed by atoms with Gasteiger partial charge in [-0.3, -0.25) is 0 Å². The van der Waals surface area contributed by atoms with Crippen molar-refractivity contribution in [1.82, 2.24) is 25.8 Å². The smallest absolute Gasteiger partial charge is 0.192 e. The molecule has 3 N–H and O–H groups in total. The van der Waals surface area contributed by atoms with Crippen molar-refractivity contribution in [3.05, 3.63) is 59.9 Å². The van der Waals surface area contributed by atoms with Crippen molar-refractivity contribution in [3.8, 4) is 11.3 Å². The molecule has 0 fully saturated rings. The zero-order valence-electron chi connectivity index (χ0n) is 17.8. The molecule has 0 aliphatic rings. The molecule has 0 unspecified atom stereocenters. The van der Waals surface area contributed by atoms with Crippen LogP contribution in [0.1, 0.15) is 56.8 Å². The highest BCUT2D eigenvalue weighted by atomic mass is 127. The third kappa shape index (κ3) is 6.58. The maximum Gasteiger partial charge on any atom is 0.192 e. The molecule has 2 aromatic heterocycles. The van der Waals surface area contributed by atoms with E-state index in [0.717, 1.165) is 47.9 Å². The van der Waals surface area contributed by atoms with Crippen molar-refractivity contribution in [2.45, 2.75) is 52.6 Å². The largest absolute Gasteiger partial charge is 0.359 e. The standard InChI is InChI=1S/C22H30N6O.HI/c1-4-16(5-2)19-12-18(29-28-19)13-25-22(23-6-3)26-15-21-24-14-20(27-21)17-10-8-7-9-11-17;/h7-12,14,16H,4-6,13,15H2,1-3H3,(H,24,27)(H2,23,25,26);1H. The highest BCUT2D eigenvalue weighted by molar-refractivity contribution is 14.0. The molecule has 0 saturated heterocycles. The summed E-state index contributed by atoms with van der Waals surface area (Å²) in [5.41, 5.74) is 3.13. The Bertz CT molecular complexity index is 901. The molecule has 162 valence electrons. The highest BCUT2D eigenvalue weighted by Crippen LogP contribution is 2.22. The molecule has 0 radical (unpaired) electrons. The first kappa shape index (κ1) is 23.9. The molecule has 0 aliphatic heterocycles. The number of hydrogen-bond acceptors (Lipinski definition) is 4. The third-order valence-electron chi connectivity index (χ3n) is 4.86. The van der Waals surface area contributed by atoms with E-state index in [1.807, 2.05) is 37.4 Å². The highest BCUT2D eigenvalue weighted by Gasteiger charge is 2.13. The fourth-order valence-electron chi connectivity index (χ4n) is 3.19. The summed E-state index contributed by atoms with van der Waals surface area (Å²) in [5.74, 6) is 2.79. The molecule has 0 bridgehead atoms. The van der Waals surface area contributed by atoms with Crippen molar-refractivity contribution in [2.75, 3.05) is 6.54 Å². The van der Waals surface area contributed by atoms with Crippen LogP contribution in [0.4, 0.5) is 0 Å². The quantitative estimate of drug-likeness (QED) is 0.213. The van der Waals surface area contributed by atoms with E-state index in [4.69, 9.17) is 4.52 Å². The number of guanidine groups is 1. The Morgan fingerprint density at radius 1 is 1.13 bits per heavy atom. The number of nitrogens with zero attached hydrogens (tertiary/aromatic N) is 3. The number of rotatable bonds is 9. The van der Waals surface area contributed by atoms with Crippen molar-refractivity contribution in [1.29, 1.82) is 0 Å². The number of halogens is 1. The van der Waals surface area contributed by atoms with E-state index in [0.29, 0.717) is 25.0 Å². The van der Waals surface area contributed by atoms with Crippen LogP contribution in [0.2, 0.25) is 0 Å². The normalized spacial score (nSPS) is 11.4. The summed E-state index contributed by atoms with van der Waals surface area (Å²) in [6.07, 6.45) is 3.97. The van der Waals surface area contributed by atoms with Gasteiger partial charge in [0.2, 0.25) is 0 Å². The number of hydrogen-bond donors (Lipinski definition) is 3. The second kappa shape index (κ2) is 12.4. The van der Waals surface area contributed by atoms with E-state index in [1.54, 1.807) is 0 Å². The molecule has 0 spiro atoms. The number of aliphatic imine (C=N–C) groups is 1. The topological polar surface area (TPSA) is 91.1 Å². The van der Waals surface area contributed by atoms with Gasteiger partial charge in [0.25, 0.3) is 0 Å². The summed E-state index contributed by atoms with van der Waals surface area (Å²) in [4.78, 5) is 12.4. The van der Waals surface area contributed by atoms with Gasteiger partial charge in [0.05, 0.1) is 24.1 Å².